The van der Waals surface area contributed by atoms with E-state index in [1.165, 1.54) is 6.07 Å². The molecule has 5 aromatic carbocycles. The van der Waals surface area contributed by atoms with Crippen LogP contribution in [-0.2, 0) is 12.5 Å². The van der Waals surface area contributed by atoms with E-state index < -0.39 is 86.7 Å². The predicted molar refractivity (Wildman–Crippen MR) is 182 cm³/mol. The molecule has 2 nitrogen and oxygen atoms in total. The van der Waals surface area contributed by atoms with Crippen LogP contribution in [-0.4, -0.2) is 5.11 Å². The molecule has 0 saturated heterocycles. The fourth-order valence-corrected chi connectivity index (χ4v) is 4.81. The maximum atomic E-state index is 15.1. The van der Waals surface area contributed by atoms with Gasteiger partial charge in [0.05, 0.1) is 5.02 Å². The second kappa shape index (κ2) is 19.2. The van der Waals surface area contributed by atoms with Crippen LogP contribution in [0.2, 0.25) is 5.02 Å². The Labute approximate surface area is 300 Å². The lowest BCUT2D eigenvalue weighted by molar-refractivity contribution is -0.189. The van der Waals surface area contributed by atoms with Crippen LogP contribution in [0.15, 0.2) is 72.8 Å². The Morgan fingerprint density at radius 2 is 1.02 bits per heavy atom. The summed E-state index contributed by atoms with van der Waals surface area (Å²) in [6.45, 7) is 2.03. The van der Waals surface area contributed by atoms with Crippen LogP contribution in [0.3, 0.4) is 0 Å². The van der Waals surface area contributed by atoms with E-state index in [-0.39, 0.29) is 46.9 Å². The summed E-state index contributed by atoms with van der Waals surface area (Å²) in [5, 5.41) is 8.24. The smallest absolute Gasteiger partial charge is 0.432 e. The number of phenols is 1. The summed E-state index contributed by atoms with van der Waals surface area (Å²) in [5.41, 5.74) is -0.723. The van der Waals surface area contributed by atoms with Crippen molar-refractivity contribution in [2.24, 2.45) is 0 Å². The third-order valence-corrected chi connectivity index (χ3v) is 6.96. The molecule has 0 aliphatic carbocycles. The molecule has 0 aliphatic heterocycles. The Hall–Kier alpha value is -4.78. The maximum absolute atomic E-state index is 15.1. The largest absolute Gasteiger partial charge is 0.508 e. The van der Waals surface area contributed by atoms with Crippen molar-refractivity contribution in [3.63, 3.8) is 0 Å². The van der Waals surface area contributed by atoms with E-state index in [2.05, 4.69) is 4.74 Å². The molecule has 0 fully saturated rings. The zero-order valence-electron chi connectivity index (χ0n) is 24.2. The number of hydrogen-bond donors (Lipinski definition) is 1. The topological polar surface area (TPSA) is 29.5 Å². The van der Waals surface area contributed by atoms with Gasteiger partial charge in [0.25, 0.3) is 0 Å². The van der Waals surface area contributed by atoms with E-state index in [9.17, 15) is 43.9 Å². The third kappa shape index (κ3) is 10.6. The summed E-state index contributed by atoms with van der Waals surface area (Å²) in [6, 6.07) is 11.8. The first kappa shape index (κ1) is 47.2. The van der Waals surface area contributed by atoms with Crippen molar-refractivity contribution >= 4 is 11.6 Å². The van der Waals surface area contributed by atoms with E-state index in [0.29, 0.717) is 35.4 Å². The first-order chi connectivity index (χ1) is 22.5. The van der Waals surface area contributed by atoms with Gasteiger partial charge >= 0.3 is 6.11 Å². The summed E-state index contributed by atoms with van der Waals surface area (Å²) >= 11 is 6.22. The minimum Gasteiger partial charge on any atom is -0.508 e. The van der Waals surface area contributed by atoms with Gasteiger partial charge in [-0.3, -0.25) is 0 Å². The van der Waals surface area contributed by atoms with Crippen LogP contribution in [0.1, 0.15) is 54.2 Å². The Morgan fingerprint density at radius 3 is 1.46 bits per heavy atom. The normalized spacial score (nSPS) is 10.4. The maximum Gasteiger partial charge on any atom is 0.432 e. The highest BCUT2D eigenvalue weighted by Crippen LogP contribution is 2.40. The summed E-state index contributed by atoms with van der Waals surface area (Å²) in [4.78, 5) is 0. The van der Waals surface area contributed by atoms with Crippen molar-refractivity contribution in [2.45, 2.75) is 55.6 Å². The van der Waals surface area contributed by atoms with Crippen molar-refractivity contribution < 1.29 is 58.1 Å². The number of aromatic hydroxyl groups is 1. The van der Waals surface area contributed by atoms with E-state index in [4.69, 9.17) is 16.7 Å². The van der Waals surface area contributed by atoms with Crippen molar-refractivity contribution in [3.8, 4) is 33.8 Å². The molecule has 52 heavy (non-hydrogen) atoms. The van der Waals surface area contributed by atoms with Crippen LogP contribution < -0.4 is 4.74 Å². The number of ether oxygens (including phenoxy) is 1. The van der Waals surface area contributed by atoms with Gasteiger partial charge in [-0.05, 0) is 52.9 Å². The molecule has 0 unspecified atom stereocenters. The highest BCUT2D eigenvalue weighted by atomic mass is 35.5. The quantitative estimate of drug-likeness (QED) is 0.132. The van der Waals surface area contributed by atoms with Crippen molar-refractivity contribution in [3.05, 3.63) is 141 Å². The lowest BCUT2D eigenvalue weighted by atomic mass is 9.97. The third-order valence-electron chi connectivity index (χ3n) is 6.66. The molecule has 5 rings (SSSR count). The Bertz CT molecular complexity index is 1870. The summed E-state index contributed by atoms with van der Waals surface area (Å²) in [6.07, 6.45) is -2.97. The van der Waals surface area contributed by atoms with Crippen LogP contribution in [0, 0.1) is 52.4 Å². The van der Waals surface area contributed by atoms with Gasteiger partial charge in [-0.2, -0.15) is 8.78 Å². The standard InChI is InChI=1S/C28H17ClF8O.C6H3F3O.4CH4/c1-2-3-14-4-6-15(7-5-14)16-8-19(29)25(20(30)9-16)17-10-21(31)26(22(32)11-17)28(36,37)38-18-12-23(33)27(35)24(34)13-18;7-4-1-3(10)2-5(8)6(4)9;;;;/h4-13H,2-3H2,1H3;1-2,10H;4*1H4. The lowest BCUT2D eigenvalue weighted by Gasteiger charge is -2.20. The van der Waals surface area contributed by atoms with E-state index >= 15 is 4.39 Å². The minimum absolute atomic E-state index is 0. The van der Waals surface area contributed by atoms with Crippen molar-refractivity contribution in [2.75, 3.05) is 0 Å². The predicted octanol–water partition coefficient (Wildman–Crippen LogP) is 13.9. The molecule has 0 bridgehead atoms. The SMILES string of the molecule is C.C.C.C.CCCc1ccc(-c2cc(F)c(-c3cc(F)c(C(F)(F)Oc4cc(F)c(F)c(F)c4)c(F)c3)c(Cl)c2)cc1.Oc1cc(F)c(F)c(F)c1. The summed E-state index contributed by atoms with van der Waals surface area (Å²) < 4.78 is 154. The molecular formula is C38H36ClF11O2. The summed E-state index contributed by atoms with van der Waals surface area (Å²) in [5.74, 6) is -16.5. The molecule has 1 N–H and O–H groups in total. The van der Waals surface area contributed by atoms with Crippen LogP contribution >= 0.6 is 11.6 Å². The molecule has 0 atom stereocenters. The molecule has 14 heteroatoms. The average molecular weight is 769 g/mol. The van der Waals surface area contributed by atoms with Gasteiger partial charge < -0.3 is 9.84 Å². The fraction of sp³-hybridized carbons (Fsp3) is 0.211. The van der Waals surface area contributed by atoms with Crippen LogP contribution in [0.5, 0.6) is 11.5 Å². The van der Waals surface area contributed by atoms with Gasteiger partial charge in [-0.1, -0.05) is 78.9 Å². The van der Waals surface area contributed by atoms with Crippen LogP contribution in [0.25, 0.3) is 22.3 Å². The zero-order valence-corrected chi connectivity index (χ0v) is 25.0. The highest BCUT2D eigenvalue weighted by Gasteiger charge is 2.42. The van der Waals surface area contributed by atoms with Crippen molar-refractivity contribution in [1.82, 2.24) is 0 Å². The monoisotopic (exact) mass is 768 g/mol. The van der Waals surface area contributed by atoms with Crippen LogP contribution in [0.4, 0.5) is 48.3 Å². The lowest BCUT2D eigenvalue weighted by Crippen LogP contribution is -2.25. The van der Waals surface area contributed by atoms with E-state index in [0.717, 1.165) is 24.5 Å². The van der Waals surface area contributed by atoms with Gasteiger partial charge in [0.15, 0.2) is 34.9 Å². The Morgan fingerprint density at radius 1 is 0.577 bits per heavy atom. The molecule has 0 amide bonds. The number of rotatable bonds is 7. The molecule has 0 spiro atoms. The van der Waals surface area contributed by atoms with E-state index in [1.54, 1.807) is 12.1 Å². The second-order valence-corrected chi connectivity index (χ2v) is 10.5. The number of hydrogen-bond acceptors (Lipinski definition) is 2. The number of alkyl halides is 2. The Balaban J connectivity index is 0.00000161. The minimum atomic E-state index is -4.78. The molecule has 0 aromatic heterocycles. The van der Waals surface area contributed by atoms with Gasteiger partial charge in [-0.25, -0.2) is 39.5 Å². The first-order valence-electron chi connectivity index (χ1n) is 13.7. The van der Waals surface area contributed by atoms with Gasteiger partial charge in [0, 0.05) is 29.8 Å². The van der Waals surface area contributed by atoms with Gasteiger partial charge in [-0.15, -0.1) is 0 Å². The van der Waals surface area contributed by atoms with E-state index in [1.807, 2.05) is 19.1 Å². The fourth-order valence-electron chi connectivity index (χ4n) is 4.50. The van der Waals surface area contributed by atoms with Gasteiger partial charge in [0.1, 0.15) is 34.5 Å². The number of halogens is 12. The van der Waals surface area contributed by atoms with Crippen molar-refractivity contribution in [1.29, 1.82) is 0 Å². The first-order valence-corrected chi connectivity index (χ1v) is 14.0. The molecule has 0 aliphatic rings. The number of aryl methyl sites for hydroxylation is 1. The molecule has 5 aromatic rings. The summed E-state index contributed by atoms with van der Waals surface area (Å²) in [7, 11) is 0. The molecule has 0 radical (unpaired) electrons. The average Bonchev–Trinajstić information content (AvgIpc) is 2.98. The molecule has 284 valence electrons. The highest BCUT2D eigenvalue weighted by molar-refractivity contribution is 6.33. The number of benzene rings is 5. The van der Waals surface area contributed by atoms with Gasteiger partial charge in [0.2, 0.25) is 0 Å². The Kier molecular flexibility index (Phi) is 17.4. The molecular weight excluding hydrogens is 733 g/mol. The zero-order chi connectivity index (χ0) is 35.5. The molecule has 0 heterocycles. The number of phenolic OH excluding ortho intramolecular Hbond substituents is 1. The molecule has 0 saturated carbocycles. The second-order valence-electron chi connectivity index (χ2n) is 10.1.